The topological polar surface area (TPSA) is 51.5 Å². The largest absolute Gasteiger partial charge is 0.384 e. The number of fused-ring (bicyclic) bond motifs is 5. The van der Waals surface area contributed by atoms with Crippen molar-refractivity contribution in [3.8, 4) is 11.1 Å². The number of carbonyl (C=O) groups excluding carboxylic acids is 1. The molecule has 0 N–H and O–H groups in total. The van der Waals surface area contributed by atoms with Gasteiger partial charge in [0.05, 0.1) is 13.0 Å². The first kappa shape index (κ1) is 19.1. The second kappa shape index (κ2) is 7.73. The lowest BCUT2D eigenvalue weighted by atomic mass is 9.82. The van der Waals surface area contributed by atoms with Crippen molar-refractivity contribution in [1.82, 2.24) is 9.47 Å². The minimum atomic E-state index is 0.0802. The van der Waals surface area contributed by atoms with E-state index in [2.05, 4.69) is 30.3 Å². The molecule has 1 aromatic heterocycles. The molecule has 2 unspecified atom stereocenters. The number of likely N-dealkylation sites (tertiary alicyclic amines) is 1. The number of nitrogens with zero attached hydrogens (tertiary/aromatic N) is 2. The molecule has 0 saturated carbocycles. The summed E-state index contributed by atoms with van der Waals surface area (Å²) < 4.78 is 7.02. The van der Waals surface area contributed by atoms with Crippen LogP contribution >= 0.6 is 0 Å². The molecule has 2 atom stereocenters. The van der Waals surface area contributed by atoms with E-state index in [4.69, 9.17) is 4.74 Å². The van der Waals surface area contributed by atoms with Crippen LogP contribution in [-0.4, -0.2) is 42.2 Å². The van der Waals surface area contributed by atoms with Gasteiger partial charge in [0.1, 0.15) is 0 Å². The summed E-state index contributed by atoms with van der Waals surface area (Å²) >= 11 is 0. The number of aromatic nitrogens is 1. The third-order valence-corrected chi connectivity index (χ3v) is 6.54. The van der Waals surface area contributed by atoms with Gasteiger partial charge in [0, 0.05) is 43.9 Å². The van der Waals surface area contributed by atoms with E-state index in [1.165, 1.54) is 5.39 Å². The van der Waals surface area contributed by atoms with Gasteiger partial charge in [-0.2, -0.15) is 0 Å². The van der Waals surface area contributed by atoms with Crippen molar-refractivity contribution in [2.24, 2.45) is 5.92 Å². The number of pyridine rings is 1. The Balaban J connectivity index is 1.47. The molecule has 5 heteroatoms. The molecule has 30 heavy (non-hydrogen) atoms. The van der Waals surface area contributed by atoms with Gasteiger partial charge in [-0.05, 0) is 46.9 Å². The Morgan fingerprint density at radius 2 is 1.87 bits per heavy atom. The number of benzene rings is 2. The van der Waals surface area contributed by atoms with Gasteiger partial charge in [0.15, 0.2) is 0 Å². The third-order valence-electron chi connectivity index (χ3n) is 6.54. The fraction of sp³-hybridized carbons (Fsp3) is 0.360. The molecule has 0 spiro atoms. The average molecular weight is 402 g/mol. The summed E-state index contributed by atoms with van der Waals surface area (Å²) in [5.41, 5.74) is 2.85. The molecule has 0 radical (unpaired) electrons. The number of ether oxygens (including phenoxy) is 1. The molecule has 0 aliphatic carbocycles. The average Bonchev–Trinajstić information content (AvgIpc) is 2.77. The number of hydrogen-bond donors (Lipinski definition) is 0. The van der Waals surface area contributed by atoms with Crippen LogP contribution in [0.25, 0.3) is 21.9 Å². The quantitative estimate of drug-likeness (QED) is 0.669. The Hall–Kier alpha value is -2.92. The first-order chi connectivity index (χ1) is 14.6. The fourth-order valence-electron chi connectivity index (χ4n) is 5.07. The Bertz CT molecular complexity index is 1170. The first-order valence-corrected chi connectivity index (χ1v) is 10.6. The van der Waals surface area contributed by atoms with Crippen molar-refractivity contribution in [3.63, 3.8) is 0 Å². The summed E-state index contributed by atoms with van der Waals surface area (Å²) in [7, 11) is 1.62. The zero-order valence-corrected chi connectivity index (χ0v) is 17.2. The highest BCUT2D eigenvalue weighted by molar-refractivity contribution is 5.87. The lowest BCUT2D eigenvalue weighted by Gasteiger charge is -2.43. The first-order valence-electron chi connectivity index (χ1n) is 10.6. The molecule has 1 fully saturated rings. The van der Waals surface area contributed by atoms with Crippen molar-refractivity contribution >= 4 is 16.7 Å². The van der Waals surface area contributed by atoms with Gasteiger partial charge < -0.3 is 14.2 Å². The number of rotatable bonds is 4. The van der Waals surface area contributed by atoms with E-state index in [9.17, 15) is 9.59 Å². The molecular weight excluding hydrogens is 376 g/mol. The lowest BCUT2D eigenvalue weighted by molar-refractivity contribution is -0.134. The van der Waals surface area contributed by atoms with Crippen LogP contribution in [-0.2, 0) is 16.1 Å². The minimum Gasteiger partial charge on any atom is -0.384 e. The Morgan fingerprint density at radius 1 is 1.03 bits per heavy atom. The van der Waals surface area contributed by atoms with E-state index < -0.39 is 0 Å². The molecule has 2 aliphatic heterocycles. The Morgan fingerprint density at radius 3 is 2.70 bits per heavy atom. The summed E-state index contributed by atoms with van der Waals surface area (Å²) in [4.78, 5) is 27.9. The van der Waals surface area contributed by atoms with Crippen molar-refractivity contribution in [2.45, 2.75) is 25.3 Å². The van der Waals surface area contributed by atoms with Gasteiger partial charge in [-0.15, -0.1) is 0 Å². The van der Waals surface area contributed by atoms with Gasteiger partial charge in [-0.1, -0.05) is 36.4 Å². The zero-order chi connectivity index (χ0) is 20.7. The molecule has 2 aliphatic rings. The van der Waals surface area contributed by atoms with Crippen LogP contribution in [0.2, 0.25) is 0 Å². The third kappa shape index (κ3) is 3.33. The van der Waals surface area contributed by atoms with Crippen molar-refractivity contribution in [1.29, 1.82) is 0 Å². The molecule has 1 amide bonds. The van der Waals surface area contributed by atoms with Crippen molar-refractivity contribution < 1.29 is 9.53 Å². The number of piperidine rings is 1. The van der Waals surface area contributed by atoms with Gasteiger partial charge in [0.25, 0.3) is 5.56 Å². The second-order valence-electron chi connectivity index (χ2n) is 8.49. The SMILES string of the molecule is COCCC(=O)N1CC2CC(C1)c1ccc(-c3ccc4ccccc4c3)c(=O)n1C2. The highest BCUT2D eigenvalue weighted by Crippen LogP contribution is 2.36. The van der Waals surface area contributed by atoms with Crippen molar-refractivity contribution in [3.05, 3.63) is 70.6 Å². The van der Waals surface area contributed by atoms with Gasteiger partial charge in [-0.25, -0.2) is 0 Å². The fourth-order valence-corrected chi connectivity index (χ4v) is 5.07. The maximum atomic E-state index is 13.4. The van der Waals surface area contributed by atoms with E-state index >= 15 is 0 Å². The molecule has 2 bridgehead atoms. The van der Waals surface area contributed by atoms with Crippen LogP contribution in [0.4, 0.5) is 0 Å². The predicted molar refractivity (Wildman–Crippen MR) is 118 cm³/mol. The lowest BCUT2D eigenvalue weighted by Crippen LogP contribution is -2.49. The van der Waals surface area contributed by atoms with E-state index in [0.29, 0.717) is 32.0 Å². The molecule has 3 aromatic rings. The standard InChI is InChI=1S/C25H26N2O3/c1-30-11-10-24(28)26-14-17-12-21(16-26)23-9-8-22(25(29)27(23)15-17)20-7-6-18-4-2-3-5-19(18)13-20/h2-9,13,17,21H,10-12,14-16H2,1H3. The van der Waals surface area contributed by atoms with Crippen LogP contribution in [0.3, 0.4) is 0 Å². The smallest absolute Gasteiger partial charge is 0.258 e. The molecule has 3 heterocycles. The number of methoxy groups -OCH3 is 1. The molecule has 5 rings (SSSR count). The summed E-state index contributed by atoms with van der Waals surface area (Å²) in [5.74, 6) is 0.699. The summed E-state index contributed by atoms with van der Waals surface area (Å²) in [6, 6.07) is 18.5. The van der Waals surface area contributed by atoms with Gasteiger partial charge in [-0.3, -0.25) is 9.59 Å². The van der Waals surface area contributed by atoms with Crippen LogP contribution in [0.15, 0.2) is 59.4 Å². The molecule has 1 saturated heterocycles. The second-order valence-corrected chi connectivity index (χ2v) is 8.49. The molecule has 5 nitrogen and oxygen atoms in total. The highest BCUT2D eigenvalue weighted by Gasteiger charge is 2.36. The van der Waals surface area contributed by atoms with E-state index in [1.807, 2.05) is 33.7 Å². The van der Waals surface area contributed by atoms with Gasteiger partial charge >= 0.3 is 0 Å². The Kier molecular flexibility index (Phi) is 4.91. The van der Waals surface area contributed by atoms with E-state index in [0.717, 1.165) is 35.2 Å². The summed E-state index contributed by atoms with van der Waals surface area (Å²) in [5, 5.41) is 2.31. The summed E-state index contributed by atoms with van der Waals surface area (Å²) in [6.07, 6.45) is 1.46. The number of hydrogen-bond acceptors (Lipinski definition) is 3. The highest BCUT2D eigenvalue weighted by atomic mass is 16.5. The van der Waals surface area contributed by atoms with E-state index in [-0.39, 0.29) is 17.4 Å². The monoisotopic (exact) mass is 402 g/mol. The zero-order valence-electron chi connectivity index (χ0n) is 17.2. The maximum absolute atomic E-state index is 13.4. The normalized spacial score (nSPS) is 20.2. The van der Waals surface area contributed by atoms with Crippen LogP contribution in [0, 0.1) is 5.92 Å². The predicted octanol–water partition coefficient (Wildman–Crippen LogP) is 3.65. The van der Waals surface area contributed by atoms with E-state index in [1.54, 1.807) is 7.11 Å². The molecular formula is C25H26N2O3. The van der Waals surface area contributed by atoms with Crippen LogP contribution in [0.1, 0.15) is 24.5 Å². The van der Waals surface area contributed by atoms with Crippen LogP contribution < -0.4 is 5.56 Å². The molecule has 2 aromatic carbocycles. The number of amides is 1. The molecule has 154 valence electrons. The van der Waals surface area contributed by atoms with Crippen LogP contribution in [0.5, 0.6) is 0 Å². The minimum absolute atomic E-state index is 0.0802. The Labute approximate surface area is 175 Å². The van der Waals surface area contributed by atoms with Crippen molar-refractivity contribution in [2.75, 3.05) is 26.8 Å². The summed E-state index contributed by atoms with van der Waals surface area (Å²) in [6.45, 7) is 2.55. The maximum Gasteiger partial charge on any atom is 0.258 e. The number of carbonyl (C=O) groups is 1. The van der Waals surface area contributed by atoms with Gasteiger partial charge in [0.2, 0.25) is 5.91 Å².